The first-order valence-electron chi connectivity index (χ1n) is 5.13. The molecule has 0 bridgehead atoms. The molecule has 0 unspecified atom stereocenters. The summed E-state index contributed by atoms with van der Waals surface area (Å²) in [5, 5.41) is 2.65. The topological polar surface area (TPSA) is 55.1 Å². The van der Waals surface area contributed by atoms with Crippen molar-refractivity contribution >= 4 is 22.0 Å². The van der Waals surface area contributed by atoms with E-state index in [2.05, 4.69) is 54.2 Å². The Bertz CT molecular complexity index is 402. The minimum atomic E-state index is -0.485. The second-order valence-electron chi connectivity index (χ2n) is 4.56. The molecular formula is C12H17BrN2O. The average Bonchev–Trinajstić information content (AvgIpc) is 2.19. The Hall–Kier alpha value is -1.03. The molecular weight excluding hydrogens is 268 g/mol. The van der Waals surface area contributed by atoms with Crippen LogP contribution in [0.5, 0.6) is 0 Å². The lowest BCUT2D eigenvalue weighted by Gasteiger charge is -2.27. The molecule has 0 heterocycles. The second kappa shape index (κ2) is 4.87. The van der Waals surface area contributed by atoms with Gasteiger partial charge >= 0.3 is 6.03 Å². The summed E-state index contributed by atoms with van der Waals surface area (Å²) in [6.07, 6.45) is 0. The predicted octanol–water partition coefficient (Wildman–Crippen LogP) is 2.70. The third-order valence-corrected chi connectivity index (χ3v) is 3.13. The molecule has 0 saturated carbocycles. The van der Waals surface area contributed by atoms with Crippen molar-refractivity contribution in [3.05, 3.63) is 33.8 Å². The lowest BCUT2D eigenvalue weighted by molar-refractivity contribution is 0.246. The van der Waals surface area contributed by atoms with Crippen LogP contribution < -0.4 is 11.1 Å². The molecule has 0 saturated heterocycles. The Morgan fingerprint density at radius 1 is 1.50 bits per heavy atom. The van der Waals surface area contributed by atoms with Gasteiger partial charge in [-0.3, -0.25) is 0 Å². The molecule has 1 rings (SSSR count). The smallest absolute Gasteiger partial charge is 0.312 e. The molecule has 3 N–H and O–H groups in total. The maximum atomic E-state index is 10.7. The van der Waals surface area contributed by atoms with Crippen LogP contribution in [0.4, 0.5) is 4.79 Å². The second-order valence-corrected chi connectivity index (χ2v) is 5.48. The third-order valence-electron chi connectivity index (χ3n) is 2.63. The first kappa shape index (κ1) is 13.0. The molecule has 0 aliphatic rings. The maximum absolute atomic E-state index is 10.7. The highest BCUT2D eigenvalue weighted by molar-refractivity contribution is 9.10. The zero-order valence-corrected chi connectivity index (χ0v) is 11.4. The van der Waals surface area contributed by atoms with E-state index in [1.807, 2.05) is 6.07 Å². The summed E-state index contributed by atoms with van der Waals surface area (Å²) >= 11 is 3.46. The minimum absolute atomic E-state index is 0.136. The number of halogens is 1. The molecule has 0 atom stereocenters. The summed E-state index contributed by atoms with van der Waals surface area (Å²) < 4.78 is 1.04. The predicted molar refractivity (Wildman–Crippen MR) is 69.5 cm³/mol. The number of urea groups is 1. The van der Waals surface area contributed by atoms with Crippen molar-refractivity contribution in [3.8, 4) is 0 Å². The molecule has 88 valence electrons. The van der Waals surface area contributed by atoms with Gasteiger partial charge in [-0.2, -0.15) is 0 Å². The van der Waals surface area contributed by atoms with Crippen LogP contribution in [-0.4, -0.2) is 12.6 Å². The zero-order valence-electron chi connectivity index (χ0n) is 9.80. The van der Waals surface area contributed by atoms with E-state index in [9.17, 15) is 4.79 Å². The van der Waals surface area contributed by atoms with E-state index in [4.69, 9.17) is 5.73 Å². The molecule has 0 aliphatic carbocycles. The van der Waals surface area contributed by atoms with Crippen LogP contribution in [-0.2, 0) is 5.41 Å². The van der Waals surface area contributed by atoms with Crippen molar-refractivity contribution in [1.29, 1.82) is 0 Å². The molecule has 0 aliphatic heterocycles. The molecule has 1 aromatic carbocycles. The van der Waals surface area contributed by atoms with Crippen LogP contribution in [0.1, 0.15) is 25.0 Å². The Balaban J connectivity index is 2.96. The summed E-state index contributed by atoms with van der Waals surface area (Å²) in [6, 6.07) is 5.67. The van der Waals surface area contributed by atoms with Crippen molar-refractivity contribution in [3.63, 3.8) is 0 Å². The van der Waals surface area contributed by atoms with Crippen LogP contribution in [0.3, 0.4) is 0 Å². The van der Waals surface area contributed by atoms with Gasteiger partial charge in [0.15, 0.2) is 0 Å². The third kappa shape index (κ3) is 3.23. The van der Waals surface area contributed by atoms with Gasteiger partial charge in [0.1, 0.15) is 0 Å². The summed E-state index contributed by atoms with van der Waals surface area (Å²) in [5.41, 5.74) is 7.36. The molecule has 0 spiro atoms. The van der Waals surface area contributed by atoms with Gasteiger partial charge in [0, 0.05) is 16.4 Å². The molecule has 0 aromatic heterocycles. The van der Waals surface area contributed by atoms with Crippen molar-refractivity contribution < 1.29 is 4.79 Å². The highest BCUT2D eigenvalue weighted by atomic mass is 79.9. The number of nitrogens with two attached hydrogens (primary N) is 1. The number of hydrogen-bond acceptors (Lipinski definition) is 1. The molecule has 2 amide bonds. The van der Waals surface area contributed by atoms with Crippen LogP contribution in [0, 0.1) is 6.92 Å². The minimum Gasteiger partial charge on any atom is -0.352 e. The number of amides is 2. The number of hydrogen-bond donors (Lipinski definition) is 2. The monoisotopic (exact) mass is 284 g/mol. The summed E-state index contributed by atoms with van der Waals surface area (Å²) in [5.74, 6) is 0. The SMILES string of the molecule is Cc1ccc(Br)cc1C(C)(C)CNC(N)=O. The van der Waals surface area contributed by atoms with E-state index < -0.39 is 6.03 Å². The fourth-order valence-electron chi connectivity index (χ4n) is 1.73. The quantitative estimate of drug-likeness (QED) is 0.881. The molecule has 0 fully saturated rings. The normalized spacial score (nSPS) is 11.2. The lowest BCUT2D eigenvalue weighted by atomic mass is 9.82. The number of primary amides is 1. The number of nitrogens with one attached hydrogen (secondary N) is 1. The molecule has 3 nitrogen and oxygen atoms in total. The summed E-state index contributed by atoms with van der Waals surface area (Å²) in [7, 11) is 0. The Labute approximate surface area is 105 Å². The first-order chi connectivity index (χ1) is 7.33. The number of carbonyl (C=O) groups excluding carboxylic acids is 1. The van der Waals surface area contributed by atoms with Crippen LogP contribution in [0.25, 0.3) is 0 Å². The van der Waals surface area contributed by atoms with Gasteiger partial charge in [0.2, 0.25) is 0 Å². The van der Waals surface area contributed by atoms with Crippen molar-refractivity contribution in [2.45, 2.75) is 26.2 Å². The van der Waals surface area contributed by atoms with Crippen LogP contribution in [0.15, 0.2) is 22.7 Å². The number of carbonyl (C=O) groups is 1. The molecule has 0 radical (unpaired) electrons. The standard InChI is InChI=1S/C12H17BrN2O/c1-8-4-5-9(13)6-10(8)12(2,3)7-15-11(14)16/h4-6H,7H2,1-3H3,(H3,14,15,16). The largest absolute Gasteiger partial charge is 0.352 e. The lowest BCUT2D eigenvalue weighted by Crippen LogP contribution is -2.39. The van der Waals surface area contributed by atoms with Crippen LogP contribution in [0.2, 0.25) is 0 Å². The maximum Gasteiger partial charge on any atom is 0.312 e. The van der Waals surface area contributed by atoms with Gasteiger partial charge in [-0.15, -0.1) is 0 Å². The van der Waals surface area contributed by atoms with Crippen molar-refractivity contribution in [2.75, 3.05) is 6.54 Å². The van der Waals surface area contributed by atoms with E-state index in [0.29, 0.717) is 6.54 Å². The van der Waals surface area contributed by atoms with E-state index in [1.54, 1.807) is 0 Å². The van der Waals surface area contributed by atoms with Gasteiger partial charge in [-0.25, -0.2) is 4.79 Å². The number of aryl methyl sites for hydroxylation is 1. The first-order valence-corrected chi connectivity index (χ1v) is 5.92. The van der Waals surface area contributed by atoms with E-state index in [-0.39, 0.29) is 5.41 Å². The summed E-state index contributed by atoms with van der Waals surface area (Å²) in [6.45, 7) is 6.75. The van der Waals surface area contributed by atoms with Gasteiger partial charge in [0.25, 0.3) is 0 Å². The number of benzene rings is 1. The zero-order chi connectivity index (χ0) is 12.3. The van der Waals surface area contributed by atoms with Crippen LogP contribution >= 0.6 is 15.9 Å². The van der Waals surface area contributed by atoms with Crippen molar-refractivity contribution in [2.24, 2.45) is 5.73 Å². The van der Waals surface area contributed by atoms with Gasteiger partial charge in [-0.1, -0.05) is 35.8 Å². The van der Waals surface area contributed by atoms with E-state index in [0.717, 1.165) is 4.47 Å². The van der Waals surface area contributed by atoms with Gasteiger partial charge in [0.05, 0.1) is 0 Å². The van der Waals surface area contributed by atoms with Gasteiger partial charge < -0.3 is 11.1 Å². The van der Waals surface area contributed by atoms with Gasteiger partial charge in [-0.05, 0) is 30.2 Å². The highest BCUT2D eigenvalue weighted by Gasteiger charge is 2.23. The highest BCUT2D eigenvalue weighted by Crippen LogP contribution is 2.28. The number of rotatable bonds is 3. The summed E-state index contributed by atoms with van der Waals surface area (Å²) in [4.78, 5) is 10.7. The molecule has 16 heavy (non-hydrogen) atoms. The Morgan fingerprint density at radius 2 is 2.12 bits per heavy atom. The fraction of sp³-hybridized carbons (Fsp3) is 0.417. The Morgan fingerprint density at radius 3 is 2.69 bits per heavy atom. The van der Waals surface area contributed by atoms with Crippen molar-refractivity contribution in [1.82, 2.24) is 5.32 Å². The average molecular weight is 285 g/mol. The fourth-order valence-corrected chi connectivity index (χ4v) is 2.09. The Kier molecular flexibility index (Phi) is 3.97. The van der Waals surface area contributed by atoms with E-state index >= 15 is 0 Å². The molecule has 4 heteroatoms. The van der Waals surface area contributed by atoms with E-state index in [1.165, 1.54) is 11.1 Å². The molecule has 1 aromatic rings.